The number of para-hydroxylation sites is 3. The minimum atomic E-state index is -0.859. The highest BCUT2D eigenvalue weighted by Crippen LogP contribution is 2.37. The van der Waals surface area contributed by atoms with Gasteiger partial charge in [0.25, 0.3) is 0 Å². The largest absolute Gasteiger partial charge is 0.494 e. The third-order valence-corrected chi connectivity index (χ3v) is 7.98. The van der Waals surface area contributed by atoms with Crippen molar-refractivity contribution in [3.8, 4) is 17.2 Å². The fraction of sp³-hybridized carbons (Fsp3) is 0.135. The number of methoxy groups -OCH3 is 1. The number of esters is 1. The van der Waals surface area contributed by atoms with Gasteiger partial charge in [-0.2, -0.15) is 0 Å². The zero-order chi connectivity index (χ0) is 30.7. The Morgan fingerprint density at radius 1 is 0.705 bits per heavy atom. The average molecular weight is 584 g/mol. The van der Waals surface area contributed by atoms with E-state index in [0.29, 0.717) is 22.5 Å². The van der Waals surface area contributed by atoms with E-state index in [1.807, 2.05) is 66.7 Å². The number of carbonyl (C=O) groups is 1. The normalized spacial score (nSPS) is 12.2. The molecule has 1 aromatic heterocycles. The lowest BCUT2D eigenvalue weighted by molar-refractivity contribution is -0.136. The van der Waals surface area contributed by atoms with E-state index in [1.54, 1.807) is 56.0 Å². The molecule has 0 unspecified atom stereocenters. The van der Waals surface area contributed by atoms with E-state index in [1.165, 1.54) is 4.57 Å². The summed E-state index contributed by atoms with van der Waals surface area (Å²) in [6.07, 6.45) is 0. The number of hydrogen-bond acceptors (Lipinski definition) is 5. The van der Waals surface area contributed by atoms with Crippen LogP contribution in [0.5, 0.6) is 11.5 Å². The van der Waals surface area contributed by atoms with E-state index in [9.17, 15) is 9.59 Å². The molecule has 7 nitrogen and oxygen atoms in total. The molecule has 1 heterocycles. The summed E-state index contributed by atoms with van der Waals surface area (Å²) in [6.45, 7) is 1.79. The third-order valence-electron chi connectivity index (χ3n) is 7.98. The monoisotopic (exact) mass is 583 g/mol. The molecule has 6 rings (SSSR count). The smallest absolute Gasteiger partial charge is 0.333 e. The van der Waals surface area contributed by atoms with Gasteiger partial charge >= 0.3 is 11.7 Å². The van der Waals surface area contributed by atoms with Crippen LogP contribution in [0.4, 0.5) is 0 Å². The van der Waals surface area contributed by atoms with Gasteiger partial charge in [0.15, 0.2) is 5.75 Å². The fourth-order valence-electron chi connectivity index (χ4n) is 5.87. The molecule has 0 saturated carbocycles. The molecule has 0 radical (unpaired) electrons. The van der Waals surface area contributed by atoms with Crippen molar-refractivity contribution in [2.24, 2.45) is 7.05 Å². The number of ether oxygens (including phenoxy) is 2. The topological polar surface area (TPSA) is 74.5 Å². The van der Waals surface area contributed by atoms with Gasteiger partial charge in [-0.3, -0.25) is 14.5 Å². The van der Waals surface area contributed by atoms with Gasteiger partial charge in [0.2, 0.25) is 0 Å². The van der Waals surface area contributed by atoms with Crippen molar-refractivity contribution in [3.05, 3.63) is 161 Å². The first-order chi connectivity index (χ1) is 21.5. The van der Waals surface area contributed by atoms with Gasteiger partial charge in [-0.25, -0.2) is 9.59 Å². The lowest BCUT2D eigenvalue weighted by Gasteiger charge is -2.38. The minimum absolute atomic E-state index is 0.261. The molecular weight excluding hydrogens is 550 g/mol. The van der Waals surface area contributed by atoms with Crippen LogP contribution in [0.2, 0.25) is 0 Å². The number of nitrogens with one attached hydrogen (secondary N) is 1. The van der Waals surface area contributed by atoms with Gasteiger partial charge in [-0.1, -0.05) is 109 Å². The lowest BCUT2D eigenvalue weighted by Crippen LogP contribution is -2.52. The summed E-state index contributed by atoms with van der Waals surface area (Å²) in [5.74, 6) is 0.302. The Labute approximate surface area is 255 Å². The molecule has 0 aliphatic heterocycles. The van der Waals surface area contributed by atoms with Gasteiger partial charge in [-0.15, -0.1) is 0 Å². The molecule has 220 valence electrons. The highest BCUT2D eigenvalue weighted by atomic mass is 16.5. The van der Waals surface area contributed by atoms with Crippen LogP contribution in [-0.4, -0.2) is 28.3 Å². The van der Waals surface area contributed by atoms with Crippen LogP contribution in [0, 0.1) is 0 Å². The van der Waals surface area contributed by atoms with Crippen molar-refractivity contribution in [3.63, 3.8) is 0 Å². The molecule has 5 aromatic carbocycles. The van der Waals surface area contributed by atoms with E-state index in [2.05, 4.69) is 41.7 Å². The van der Waals surface area contributed by atoms with Gasteiger partial charge < -0.3 is 9.47 Å². The molecule has 0 amide bonds. The van der Waals surface area contributed by atoms with E-state index in [0.717, 1.165) is 16.7 Å². The van der Waals surface area contributed by atoms with Crippen molar-refractivity contribution < 1.29 is 14.3 Å². The molecule has 1 N–H and O–H groups in total. The number of fused-ring (bicyclic) bond motifs is 1. The number of benzene rings is 5. The quantitative estimate of drug-likeness (QED) is 0.124. The molecule has 0 aliphatic rings. The van der Waals surface area contributed by atoms with Crippen LogP contribution >= 0.6 is 0 Å². The van der Waals surface area contributed by atoms with Crippen molar-refractivity contribution in [2.45, 2.75) is 18.5 Å². The minimum Gasteiger partial charge on any atom is -0.494 e. The summed E-state index contributed by atoms with van der Waals surface area (Å²) in [4.78, 5) is 27.4. The van der Waals surface area contributed by atoms with E-state index in [-0.39, 0.29) is 11.4 Å². The Morgan fingerprint density at radius 2 is 1.20 bits per heavy atom. The Bertz CT molecular complexity index is 1870. The molecule has 0 aliphatic carbocycles. The van der Waals surface area contributed by atoms with Crippen molar-refractivity contribution in [1.82, 2.24) is 14.5 Å². The Morgan fingerprint density at radius 3 is 1.75 bits per heavy atom. The molecular formula is C37H33N3O4. The van der Waals surface area contributed by atoms with Crippen LogP contribution < -0.4 is 20.5 Å². The summed E-state index contributed by atoms with van der Waals surface area (Å²) in [6, 6.07) is 42.0. The average Bonchev–Trinajstić information content (AvgIpc) is 3.34. The predicted molar refractivity (Wildman–Crippen MR) is 173 cm³/mol. The second kappa shape index (κ2) is 12.1. The molecule has 0 saturated heterocycles. The SMILES string of the molecule is COc1cccc2c1n(-c1ccccc1OC(=O)[C@H](C)NC(c1ccccc1)(c1ccccc1)c1ccccc1)c(=O)n2C. The number of nitrogens with zero attached hydrogens (tertiary/aromatic N) is 2. The summed E-state index contributed by atoms with van der Waals surface area (Å²) >= 11 is 0. The molecule has 44 heavy (non-hydrogen) atoms. The third kappa shape index (κ3) is 4.97. The van der Waals surface area contributed by atoms with E-state index >= 15 is 0 Å². The lowest BCUT2D eigenvalue weighted by atomic mass is 9.76. The maximum Gasteiger partial charge on any atom is 0.333 e. The maximum atomic E-state index is 13.9. The van der Waals surface area contributed by atoms with Gasteiger partial charge in [0.1, 0.15) is 17.3 Å². The Hall–Kier alpha value is -5.40. The maximum absolute atomic E-state index is 13.9. The first-order valence-corrected chi connectivity index (χ1v) is 14.5. The summed E-state index contributed by atoms with van der Waals surface area (Å²) in [5.41, 5.74) is 3.52. The second-order valence-corrected chi connectivity index (χ2v) is 10.6. The summed E-state index contributed by atoms with van der Waals surface area (Å²) in [7, 11) is 3.27. The summed E-state index contributed by atoms with van der Waals surface area (Å²) in [5, 5.41) is 3.65. The van der Waals surface area contributed by atoms with Gasteiger partial charge in [0.05, 0.1) is 23.9 Å². The van der Waals surface area contributed by atoms with Gasteiger partial charge in [0, 0.05) is 7.05 Å². The van der Waals surface area contributed by atoms with Crippen LogP contribution in [0.1, 0.15) is 23.6 Å². The number of carbonyl (C=O) groups excluding carboxylic acids is 1. The highest BCUT2D eigenvalue weighted by Gasteiger charge is 2.39. The van der Waals surface area contributed by atoms with Crippen molar-refractivity contribution in [2.75, 3.05) is 7.11 Å². The molecule has 7 heteroatoms. The summed E-state index contributed by atoms with van der Waals surface area (Å²) < 4.78 is 14.8. The number of hydrogen-bond donors (Lipinski definition) is 1. The predicted octanol–water partition coefficient (Wildman–Crippen LogP) is 6.21. The zero-order valence-corrected chi connectivity index (χ0v) is 24.8. The zero-order valence-electron chi connectivity index (χ0n) is 24.8. The first kappa shape index (κ1) is 28.7. The molecule has 0 bridgehead atoms. The molecule has 6 aromatic rings. The number of aryl methyl sites for hydroxylation is 1. The van der Waals surface area contributed by atoms with Crippen molar-refractivity contribution in [1.29, 1.82) is 0 Å². The van der Waals surface area contributed by atoms with Gasteiger partial charge in [-0.05, 0) is 47.9 Å². The first-order valence-electron chi connectivity index (χ1n) is 14.5. The molecule has 0 spiro atoms. The van der Waals surface area contributed by atoms with Crippen LogP contribution in [-0.2, 0) is 17.4 Å². The van der Waals surface area contributed by atoms with E-state index < -0.39 is 17.6 Å². The molecule has 0 fully saturated rings. The fourth-order valence-corrected chi connectivity index (χ4v) is 5.87. The Balaban J connectivity index is 1.42. The number of imidazole rings is 1. The van der Waals surface area contributed by atoms with Crippen LogP contribution in [0.25, 0.3) is 16.7 Å². The number of rotatable bonds is 9. The van der Waals surface area contributed by atoms with Crippen LogP contribution in [0.3, 0.4) is 0 Å². The van der Waals surface area contributed by atoms with Crippen molar-refractivity contribution >= 4 is 17.0 Å². The standard InChI is InChI=1S/C37H33N3O4/c1-26(38-37(27-16-7-4-8-17-27,28-18-9-5-10-19-28)29-20-11-6-12-21-29)35(41)44-32-24-14-13-22-30(32)40-34-31(39(2)36(40)42)23-15-25-33(34)43-3/h4-26,38H,1-3H3/t26-/m0/s1. The molecule has 1 atom stereocenters. The Kier molecular flexibility index (Phi) is 7.87. The highest BCUT2D eigenvalue weighted by molar-refractivity contribution is 5.86. The number of aromatic nitrogens is 2. The second-order valence-electron chi connectivity index (χ2n) is 10.6. The van der Waals surface area contributed by atoms with Crippen LogP contribution in [0.15, 0.2) is 138 Å². The van der Waals surface area contributed by atoms with E-state index in [4.69, 9.17) is 9.47 Å².